The number of carbonyl (C=O) groups excluding carboxylic acids is 1. The van der Waals surface area contributed by atoms with Gasteiger partial charge in [0.25, 0.3) is 0 Å². The van der Waals surface area contributed by atoms with Gasteiger partial charge in [-0.2, -0.15) is 0 Å². The van der Waals surface area contributed by atoms with Crippen LogP contribution in [0.5, 0.6) is 0 Å². The van der Waals surface area contributed by atoms with Crippen molar-refractivity contribution in [3.05, 3.63) is 0 Å². The highest BCUT2D eigenvalue weighted by atomic mass is 16.5. The van der Waals surface area contributed by atoms with E-state index in [2.05, 4.69) is 0 Å². The minimum Gasteiger partial charge on any atom is -0.481 e. The molecular formula is C9H16N2O4. The summed E-state index contributed by atoms with van der Waals surface area (Å²) in [5.41, 5.74) is 5.16. The SMILES string of the molecule is CC(C(N)=O)N(C)C1COCC1C(=O)O. The first kappa shape index (κ1) is 11.9. The van der Waals surface area contributed by atoms with Gasteiger partial charge in [-0.05, 0) is 14.0 Å². The molecule has 1 heterocycles. The summed E-state index contributed by atoms with van der Waals surface area (Å²) in [5, 5.41) is 8.93. The summed E-state index contributed by atoms with van der Waals surface area (Å²) >= 11 is 0. The number of nitrogens with zero attached hydrogens (tertiary/aromatic N) is 1. The first-order valence-electron chi connectivity index (χ1n) is 4.77. The number of nitrogens with two attached hydrogens (primary N) is 1. The van der Waals surface area contributed by atoms with Crippen LogP contribution in [-0.4, -0.2) is 54.2 Å². The minimum atomic E-state index is -0.902. The fourth-order valence-corrected chi connectivity index (χ4v) is 1.67. The van der Waals surface area contributed by atoms with E-state index in [0.717, 1.165) is 0 Å². The maximum Gasteiger partial charge on any atom is 0.310 e. The number of amides is 1. The smallest absolute Gasteiger partial charge is 0.310 e. The van der Waals surface area contributed by atoms with Crippen LogP contribution in [0.1, 0.15) is 6.92 Å². The molecule has 0 aromatic rings. The Hall–Kier alpha value is -1.14. The van der Waals surface area contributed by atoms with Gasteiger partial charge in [-0.3, -0.25) is 14.5 Å². The molecule has 0 saturated carbocycles. The molecule has 1 aliphatic heterocycles. The number of rotatable bonds is 4. The van der Waals surface area contributed by atoms with E-state index in [4.69, 9.17) is 15.6 Å². The Morgan fingerprint density at radius 3 is 2.60 bits per heavy atom. The van der Waals surface area contributed by atoms with Crippen molar-refractivity contribution in [1.29, 1.82) is 0 Å². The maximum atomic E-state index is 11.0. The summed E-state index contributed by atoms with van der Waals surface area (Å²) in [5.74, 6) is -1.95. The molecule has 1 rings (SSSR count). The molecule has 0 aromatic heterocycles. The fourth-order valence-electron chi connectivity index (χ4n) is 1.67. The zero-order chi connectivity index (χ0) is 11.6. The number of carbonyl (C=O) groups is 2. The van der Waals surface area contributed by atoms with Crippen molar-refractivity contribution >= 4 is 11.9 Å². The van der Waals surface area contributed by atoms with E-state index in [9.17, 15) is 9.59 Å². The summed E-state index contributed by atoms with van der Waals surface area (Å²) in [6, 6.07) is -0.774. The van der Waals surface area contributed by atoms with Crippen LogP contribution in [0.15, 0.2) is 0 Å². The number of hydrogen-bond donors (Lipinski definition) is 2. The molecule has 3 unspecified atom stereocenters. The van der Waals surface area contributed by atoms with Crippen molar-refractivity contribution in [2.45, 2.75) is 19.0 Å². The third-order valence-corrected chi connectivity index (χ3v) is 2.91. The lowest BCUT2D eigenvalue weighted by Gasteiger charge is -2.29. The van der Waals surface area contributed by atoms with Gasteiger partial charge in [-0.25, -0.2) is 0 Å². The van der Waals surface area contributed by atoms with E-state index in [1.54, 1.807) is 18.9 Å². The second kappa shape index (κ2) is 4.59. The molecule has 0 aliphatic carbocycles. The normalized spacial score (nSPS) is 27.9. The van der Waals surface area contributed by atoms with Gasteiger partial charge in [0.05, 0.1) is 25.2 Å². The highest BCUT2D eigenvalue weighted by Gasteiger charge is 2.38. The van der Waals surface area contributed by atoms with Crippen LogP contribution >= 0.6 is 0 Å². The first-order chi connectivity index (χ1) is 6.95. The quantitative estimate of drug-likeness (QED) is 0.621. The standard InChI is InChI=1S/C9H16N2O4/c1-5(8(10)12)11(2)7-4-15-3-6(7)9(13)14/h5-7H,3-4H2,1-2H3,(H2,10,12)(H,13,14). The zero-order valence-corrected chi connectivity index (χ0v) is 8.84. The summed E-state index contributed by atoms with van der Waals surface area (Å²) in [6.07, 6.45) is 0. The largest absolute Gasteiger partial charge is 0.481 e. The first-order valence-corrected chi connectivity index (χ1v) is 4.77. The predicted octanol–water partition coefficient (Wildman–Crippen LogP) is -1.11. The van der Waals surface area contributed by atoms with Gasteiger partial charge in [-0.1, -0.05) is 0 Å². The number of hydrogen-bond acceptors (Lipinski definition) is 4. The summed E-state index contributed by atoms with van der Waals surface area (Å²) < 4.78 is 5.11. The van der Waals surface area contributed by atoms with E-state index in [1.807, 2.05) is 0 Å². The Morgan fingerprint density at radius 2 is 2.13 bits per heavy atom. The molecule has 1 aliphatic rings. The van der Waals surface area contributed by atoms with Crippen molar-refractivity contribution in [2.75, 3.05) is 20.3 Å². The highest BCUT2D eigenvalue weighted by Crippen LogP contribution is 2.20. The molecule has 0 spiro atoms. The van der Waals surface area contributed by atoms with Gasteiger partial charge in [0.2, 0.25) is 5.91 Å². The number of carboxylic acids is 1. The van der Waals surface area contributed by atoms with Crippen molar-refractivity contribution in [1.82, 2.24) is 4.90 Å². The molecule has 6 heteroatoms. The van der Waals surface area contributed by atoms with Crippen molar-refractivity contribution in [3.63, 3.8) is 0 Å². The number of primary amides is 1. The zero-order valence-electron chi connectivity index (χ0n) is 8.84. The Bertz CT molecular complexity index is 269. The van der Waals surface area contributed by atoms with Crippen LogP contribution in [0.25, 0.3) is 0 Å². The van der Waals surface area contributed by atoms with E-state index >= 15 is 0 Å². The van der Waals surface area contributed by atoms with Crippen LogP contribution < -0.4 is 5.73 Å². The van der Waals surface area contributed by atoms with E-state index in [0.29, 0.717) is 6.61 Å². The van der Waals surface area contributed by atoms with Crippen LogP contribution in [0.4, 0.5) is 0 Å². The number of ether oxygens (including phenoxy) is 1. The van der Waals surface area contributed by atoms with Crippen LogP contribution in [0.3, 0.4) is 0 Å². The molecule has 1 fully saturated rings. The van der Waals surface area contributed by atoms with Crippen LogP contribution in [-0.2, 0) is 14.3 Å². The third-order valence-electron chi connectivity index (χ3n) is 2.91. The van der Waals surface area contributed by atoms with Gasteiger partial charge in [0.15, 0.2) is 0 Å². The molecular weight excluding hydrogens is 200 g/mol. The molecule has 3 atom stereocenters. The number of likely N-dealkylation sites (N-methyl/N-ethyl adjacent to an activating group) is 1. The number of aliphatic carboxylic acids is 1. The fraction of sp³-hybridized carbons (Fsp3) is 0.778. The van der Waals surface area contributed by atoms with Gasteiger partial charge >= 0.3 is 5.97 Å². The van der Waals surface area contributed by atoms with Crippen molar-refractivity contribution in [3.8, 4) is 0 Å². The molecule has 3 N–H and O–H groups in total. The van der Waals surface area contributed by atoms with Crippen LogP contribution in [0.2, 0.25) is 0 Å². The molecule has 1 amide bonds. The molecule has 0 radical (unpaired) electrons. The van der Waals surface area contributed by atoms with Crippen molar-refractivity contribution in [2.24, 2.45) is 11.7 Å². The van der Waals surface area contributed by atoms with E-state index < -0.39 is 23.8 Å². The van der Waals surface area contributed by atoms with Crippen LogP contribution in [0, 0.1) is 5.92 Å². The topological polar surface area (TPSA) is 92.9 Å². The second-order valence-electron chi connectivity index (χ2n) is 3.79. The van der Waals surface area contributed by atoms with Gasteiger partial charge in [0.1, 0.15) is 0 Å². The molecule has 0 bridgehead atoms. The molecule has 86 valence electrons. The molecule has 15 heavy (non-hydrogen) atoms. The molecule has 1 saturated heterocycles. The lowest BCUT2D eigenvalue weighted by Crippen LogP contribution is -2.50. The van der Waals surface area contributed by atoms with Gasteiger partial charge in [-0.15, -0.1) is 0 Å². The Balaban J connectivity index is 2.70. The average molecular weight is 216 g/mol. The summed E-state index contributed by atoms with van der Waals surface area (Å²) in [7, 11) is 1.69. The third kappa shape index (κ3) is 2.45. The Labute approximate surface area is 88.0 Å². The molecule has 6 nitrogen and oxygen atoms in total. The lowest BCUT2D eigenvalue weighted by molar-refractivity contribution is -0.144. The van der Waals surface area contributed by atoms with Gasteiger partial charge in [0, 0.05) is 6.04 Å². The number of carboxylic acid groups (broad SMARTS) is 1. The monoisotopic (exact) mass is 216 g/mol. The Kier molecular flexibility index (Phi) is 3.65. The minimum absolute atomic E-state index is 0.190. The maximum absolute atomic E-state index is 11.0. The van der Waals surface area contributed by atoms with Gasteiger partial charge < -0.3 is 15.6 Å². The Morgan fingerprint density at radius 1 is 1.53 bits per heavy atom. The van der Waals surface area contributed by atoms with E-state index in [-0.39, 0.29) is 12.6 Å². The lowest BCUT2D eigenvalue weighted by atomic mass is 10.0. The summed E-state index contributed by atoms with van der Waals surface area (Å²) in [4.78, 5) is 23.5. The van der Waals surface area contributed by atoms with E-state index in [1.165, 1.54) is 0 Å². The summed E-state index contributed by atoms with van der Waals surface area (Å²) in [6.45, 7) is 2.17. The predicted molar refractivity (Wildman–Crippen MR) is 52.2 cm³/mol. The highest BCUT2D eigenvalue weighted by molar-refractivity contribution is 5.79. The second-order valence-corrected chi connectivity index (χ2v) is 3.79. The van der Waals surface area contributed by atoms with Crippen molar-refractivity contribution < 1.29 is 19.4 Å². The average Bonchev–Trinajstić information content (AvgIpc) is 2.63. The molecule has 0 aromatic carbocycles.